The van der Waals surface area contributed by atoms with Crippen molar-refractivity contribution in [2.75, 3.05) is 5.32 Å². The van der Waals surface area contributed by atoms with E-state index in [1.54, 1.807) is 6.92 Å². The number of amides is 1. The maximum absolute atomic E-state index is 12.8. The van der Waals surface area contributed by atoms with Crippen LogP contribution in [0.2, 0.25) is 5.15 Å². The predicted octanol–water partition coefficient (Wildman–Crippen LogP) is 4.83. The van der Waals surface area contributed by atoms with E-state index in [2.05, 4.69) is 20.6 Å². The maximum atomic E-state index is 12.8. The van der Waals surface area contributed by atoms with Crippen LogP contribution in [0, 0.1) is 13.8 Å². The van der Waals surface area contributed by atoms with Gasteiger partial charge in [-0.05, 0) is 38.1 Å². The number of hydrogen-bond acceptors (Lipinski definition) is 6. The van der Waals surface area contributed by atoms with Crippen LogP contribution in [-0.4, -0.2) is 25.9 Å². The van der Waals surface area contributed by atoms with Crippen LogP contribution in [0.15, 0.2) is 54.6 Å². The second kappa shape index (κ2) is 8.64. The summed E-state index contributed by atoms with van der Waals surface area (Å²) in [5.74, 6) is 0.360. The third-order valence-corrected chi connectivity index (χ3v) is 5.46. The Morgan fingerprint density at radius 3 is 2.57 bits per heavy atom. The molecule has 152 valence electrons. The Hall–Kier alpha value is -3.23. The molecule has 0 fully saturated rings. The molecule has 9 heteroatoms. The Balaban J connectivity index is 1.45. The topological polar surface area (TPSA) is 81.9 Å². The van der Waals surface area contributed by atoms with Gasteiger partial charge in [0.25, 0.3) is 5.91 Å². The van der Waals surface area contributed by atoms with Gasteiger partial charge in [0.2, 0.25) is 5.13 Å². The summed E-state index contributed by atoms with van der Waals surface area (Å²) < 4.78 is 7.24. The van der Waals surface area contributed by atoms with Crippen molar-refractivity contribution in [3.05, 3.63) is 81.6 Å². The van der Waals surface area contributed by atoms with Crippen LogP contribution in [-0.2, 0) is 6.61 Å². The first-order valence-corrected chi connectivity index (χ1v) is 10.3. The average molecular weight is 440 g/mol. The molecule has 0 aliphatic heterocycles. The minimum absolute atomic E-state index is 0.239. The van der Waals surface area contributed by atoms with Gasteiger partial charge in [-0.1, -0.05) is 58.8 Å². The van der Waals surface area contributed by atoms with Crippen LogP contribution in [0.1, 0.15) is 26.6 Å². The predicted molar refractivity (Wildman–Crippen MR) is 117 cm³/mol. The number of hydrogen-bond donors (Lipinski definition) is 1. The number of aromatic nitrogens is 4. The number of para-hydroxylation sites is 1. The average Bonchev–Trinajstić information content (AvgIpc) is 3.31. The summed E-state index contributed by atoms with van der Waals surface area (Å²) in [6, 6.07) is 17.1. The highest BCUT2D eigenvalue weighted by Gasteiger charge is 2.22. The smallest absolute Gasteiger partial charge is 0.262 e. The summed E-state index contributed by atoms with van der Waals surface area (Å²) in [6.45, 7) is 4.02. The monoisotopic (exact) mass is 439 g/mol. The fraction of sp³-hybridized carbons (Fsp3) is 0.143. The van der Waals surface area contributed by atoms with Crippen LogP contribution in [0.5, 0.6) is 5.75 Å². The van der Waals surface area contributed by atoms with E-state index in [0.717, 1.165) is 17.0 Å². The standard InChI is InChI=1S/C21H18ClN5O2S/c1-13-8-10-16(11-9-13)29-12-17-24-25-21(30-17)23-20(28)18-14(2)26-27(19(18)22)15-6-4-3-5-7-15/h3-11H,12H2,1-2H3,(H,23,25,28). The van der Waals surface area contributed by atoms with E-state index in [0.29, 0.717) is 21.4 Å². The Kier molecular flexibility index (Phi) is 5.78. The lowest BCUT2D eigenvalue weighted by molar-refractivity contribution is 0.102. The highest BCUT2D eigenvalue weighted by Crippen LogP contribution is 2.25. The van der Waals surface area contributed by atoms with Gasteiger partial charge in [-0.15, -0.1) is 10.2 Å². The molecule has 4 aromatic rings. The first-order valence-electron chi connectivity index (χ1n) is 9.15. The normalized spacial score (nSPS) is 10.8. The van der Waals surface area contributed by atoms with Gasteiger partial charge in [0.15, 0.2) is 5.01 Å². The summed E-state index contributed by atoms with van der Waals surface area (Å²) in [5.41, 5.74) is 2.76. The van der Waals surface area contributed by atoms with Crippen LogP contribution < -0.4 is 10.1 Å². The van der Waals surface area contributed by atoms with Crippen LogP contribution in [0.3, 0.4) is 0 Å². The Morgan fingerprint density at radius 2 is 1.83 bits per heavy atom. The Bertz CT molecular complexity index is 1170. The van der Waals surface area contributed by atoms with Crippen molar-refractivity contribution < 1.29 is 9.53 Å². The zero-order valence-electron chi connectivity index (χ0n) is 16.3. The van der Waals surface area contributed by atoms with E-state index >= 15 is 0 Å². The van der Waals surface area contributed by atoms with E-state index in [4.69, 9.17) is 16.3 Å². The molecule has 0 aliphatic carbocycles. The van der Waals surface area contributed by atoms with E-state index < -0.39 is 0 Å². The van der Waals surface area contributed by atoms with Gasteiger partial charge >= 0.3 is 0 Å². The zero-order valence-corrected chi connectivity index (χ0v) is 17.9. The number of carbonyl (C=O) groups excluding carboxylic acids is 1. The lowest BCUT2D eigenvalue weighted by Gasteiger charge is -2.04. The van der Waals surface area contributed by atoms with Crippen molar-refractivity contribution in [2.24, 2.45) is 0 Å². The molecule has 0 radical (unpaired) electrons. The number of nitrogens with one attached hydrogen (secondary N) is 1. The molecular formula is C21H18ClN5O2S. The SMILES string of the molecule is Cc1ccc(OCc2nnc(NC(=O)c3c(C)nn(-c4ccccc4)c3Cl)s2)cc1. The van der Waals surface area contributed by atoms with Crippen LogP contribution in [0.4, 0.5) is 5.13 Å². The molecule has 4 rings (SSSR count). The summed E-state index contributed by atoms with van der Waals surface area (Å²) in [4.78, 5) is 12.8. The lowest BCUT2D eigenvalue weighted by atomic mass is 10.2. The highest BCUT2D eigenvalue weighted by atomic mass is 35.5. The van der Waals surface area contributed by atoms with E-state index in [1.165, 1.54) is 16.0 Å². The fourth-order valence-electron chi connectivity index (χ4n) is 2.80. The second-order valence-corrected chi connectivity index (χ2v) is 7.98. The van der Waals surface area contributed by atoms with Crippen LogP contribution in [0.25, 0.3) is 5.69 Å². The fourth-order valence-corrected chi connectivity index (χ4v) is 3.80. The van der Waals surface area contributed by atoms with Gasteiger partial charge < -0.3 is 4.74 Å². The second-order valence-electron chi connectivity index (χ2n) is 6.56. The first-order chi connectivity index (χ1) is 14.5. The van der Waals surface area contributed by atoms with Crippen molar-refractivity contribution >= 4 is 34.0 Å². The molecule has 0 unspecified atom stereocenters. The minimum atomic E-state index is -0.387. The molecule has 0 aliphatic rings. The number of ether oxygens (including phenoxy) is 1. The molecule has 1 amide bonds. The highest BCUT2D eigenvalue weighted by molar-refractivity contribution is 7.15. The van der Waals surface area contributed by atoms with E-state index in [9.17, 15) is 4.79 Å². The summed E-state index contributed by atoms with van der Waals surface area (Å²) in [6.07, 6.45) is 0. The van der Waals surface area contributed by atoms with Crippen molar-refractivity contribution in [1.29, 1.82) is 0 Å². The van der Waals surface area contributed by atoms with Gasteiger partial charge in [-0.3, -0.25) is 10.1 Å². The van der Waals surface area contributed by atoms with Gasteiger partial charge in [-0.2, -0.15) is 5.10 Å². The van der Waals surface area contributed by atoms with E-state index in [-0.39, 0.29) is 17.7 Å². The number of anilines is 1. The Labute approximate surface area is 182 Å². The third-order valence-electron chi connectivity index (χ3n) is 4.30. The number of carbonyl (C=O) groups is 1. The molecule has 0 saturated heterocycles. The largest absolute Gasteiger partial charge is 0.486 e. The molecule has 2 aromatic heterocycles. The molecule has 7 nitrogen and oxygen atoms in total. The summed E-state index contributed by atoms with van der Waals surface area (Å²) in [5, 5.41) is 16.5. The molecule has 2 aromatic carbocycles. The van der Waals surface area contributed by atoms with Gasteiger partial charge in [-0.25, -0.2) is 4.68 Å². The van der Waals surface area contributed by atoms with Gasteiger partial charge in [0.05, 0.1) is 11.4 Å². The molecule has 2 heterocycles. The molecular weight excluding hydrogens is 422 g/mol. The number of aryl methyl sites for hydroxylation is 2. The molecule has 0 atom stereocenters. The van der Waals surface area contributed by atoms with Crippen molar-refractivity contribution in [1.82, 2.24) is 20.0 Å². The van der Waals surface area contributed by atoms with Gasteiger partial charge in [0, 0.05) is 0 Å². The van der Waals surface area contributed by atoms with Crippen molar-refractivity contribution in [2.45, 2.75) is 20.5 Å². The van der Waals surface area contributed by atoms with E-state index in [1.807, 2.05) is 61.5 Å². The quantitative estimate of drug-likeness (QED) is 0.465. The number of rotatable bonds is 6. The van der Waals surface area contributed by atoms with Gasteiger partial charge in [0.1, 0.15) is 23.1 Å². The number of benzene rings is 2. The molecule has 30 heavy (non-hydrogen) atoms. The molecule has 0 bridgehead atoms. The third kappa shape index (κ3) is 4.34. The first kappa shape index (κ1) is 20.1. The Morgan fingerprint density at radius 1 is 1.10 bits per heavy atom. The zero-order chi connectivity index (χ0) is 21.1. The summed E-state index contributed by atoms with van der Waals surface area (Å²) >= 11 is 7.69. The van der Waals surface area contributed by atoms with Crippen molar-refractivity contribution in [3.8, 4) is 11.4 Å². The number of nitrogens with zero attached hydrogens (tertiary/aromatic N) is 4. The van der Waals surface area contributed by atoms with Crippen LogP contribution >= 0.6 is 22.9 Å². The molecule has 0 spiro atoms. The number of halogens is 1. The minimum Gasteiger partial charge on any atom is -0.486 e. The van der Waals surface area contributed by atoms with Crippen molar-refractivity contribution in [3.63, 3.8) is 0 Å². The maximum Gasteiger partial charge on any atom is 0.262 e. The lowest BCUT2D eigenvalue weighted by Crippen LogP contribution is -2.13. The summed E-state index contributed by atoms with van der Waals surface area (Å²) in [7, 11) is 0. The molecule has 0 saturated carbocycles. The molecule has 1 N–H and O–H groups in total.